The molecule has 12 heavy (non-hydrogen) atoms. The van der Waals surface area contributed by atoms with Gasteiger partial charge in [0.15, 0.2) is 0 Å². The van der Waals surface area contributed by atoms with Crippen molar-refractivity contribution in [2.75, 3.05) is 6.61 Å². The van der Waals surface area contributed by atoms with E-state index in [-0.39, 0.29) is 5.97 Å². The third kappa shape index (κ3) is 4.72. The van der Waals surface area contributed by atoms with Crippen LogP contribution < -0.4 is 0 Å². The molecule has 0 heterocycles. The monoisotopic (exact) mass is 168 g/mol. The van der Waals surface area contributed by atoms with Crippen LogP contribution in [0.25, 0.3) is 0 Å². The van der Waals surface area contributed by atoms with E-state index in [2.05, 4.69) is 0 Å². The van der Waals surface area contributed by atoms with Crippen LogP contribution in [0.15, 0.2) is 23.8 Å². The number of allylic oxidation sites excluding steroid dienone is 3. The van der Waals surface area contributed by atoms with Crippen molar-refractivity contribution in [2.45, 2.75) is 27.2 Å². The molecule has 0 N–H and O–H groups in total. The lowest BCUT2D eigenvalue weighted by atomic mass is 10.2. The van der Waals surface area contributed by atoms with Crippen LogP contribution in [0.4, 0.5) is 0 Å². The third-order valence-corrected chi connectivity index (χ3v) is 1.50. The summed E-state index contributed by atoms with van der Waals surface area (Å²) in [5.74, 6) is -0.273. The Morgan fingerprint density at radius 1 is 1.33 bits per heavy atom. The highest BCUT2D eigenvalue weighted by Crippen LogP contribution is 2.01. The number of rotatable bonds is 4. The molecule has 0 aliphatic rings. The molecule has 0 amide bonds. The van der Waals surface area contributed by atoms with Crippen LogP contribution >= 0.6 is 0 Å². The highest BCUT2D eigenvalue weighted by molar-refractivity contribution is 5.82. The maximum Gasteiger partial charge on any atom is 0.330 e. The van der Waals surface area contributed by atoms with Crippen LogP contribution in [-0.2, 0) is 9.53 Å². The van der Waals surface area contributed by atoms with Gasteiger partial charge >= 0.3 is 5.97 Å². The van der Waals surface area contributed by atoms with Gasteiger partial charge in [0.05, 0.1) is 6.61 Å². The maximum atomic E-state index is 10.8. The average molecular weight is 168 g/mol. The Bertz CT molecular complexity index is 190. The quantitative estimate of drug-likeness (QED) is 0.366. The van der Waals surface area contributed by atoms with Crippen LogP contribution in [0.1, 0.15) is 27.2 Å². The molecular formula is C10H16O2. The molecule has 0 aromatic carbocycles. The Balaban J connectivity index is 3.96. The first kappa shape index (κ1) is 11.0. The maximum absolute atomic E-state index is 10.8. The Kier molecular flexibility index (Phi) is 6.07. The van der Waals surface area contributed by atoms with Gasteiger partial charge in [0.2, 0.25) is 0 Å². The summed E-state index contributed by atoms with van der Waals surface area (Å²) in [7, 11) is 0. The van der Waals surface area contributed by atoms with Gasteiger partial charge in [-0.05, 0) is 20.3 Å². The lowest BCUT2D eigenvalue weighted by Crippen LogP contribution is -1.98. The minimum absolute atomic E-state index is 0.273. The van der Waals surface area contributed by atoms with Gasteiger partial charge < -0.3 is 4.74 Å². The Labute approximate surface area is 73.9 Å². The summed E-state index contributed by atoms with van der Waals surface area (Å²) >= 11 is 0. The zero-order valence-corrected chi connectivity index (χ0v) is 7.96. The molecule has 2 heteroatoms. The van der Waals surface area contributed by atoms with Crippen LogP contribution in [0, 0.1) is 0 Å². The minimum atomic E-state index is -0.273. The molecule has 0 aromatic rings. The third-order valence-electron chi connectivity index (χ3n) is 1.50. The molecule has 0 atom stereocenters. The van der Waals surface area contributed by atoms with E-state index in [1.807, 2.05) is 19.9 Å². The Morgan fingerprint density at radius 3 is 2.42 bits per heavy atom. The van der Waals surface area contributed by atoms with Crippen LogP contribution in [-0.4, -0.2) is 12.6 Å². The van der Waals surface area contributed by atoms with Gasteiger partial charge in [0, 0.05) is 6.08 Å². The van der Waals surface area contributed by atoms with Crippen molar-refractivity contribution in [3.63, 3.8) is 0 Å². The van der Waals surface area contributed by atoms with Crippen molar-refractivity contribution in [2.24, 2.45) is 0 Å². The molecule has 0 radical (unpaired) electrons. The fourth-order valence-corrected chi connectivity index (χ4v) is 0.784. The molecule has 0 aliphatic heterocycles. The van der Waals surface area contributed by atoms with E-state index in [9.17, 15) is 4.79 Å². The summed E-state index contributed by atoms with van der Waals surface area (Å²) in [5, 5.41) is 0. The highest BCUT2D eigenvalue weighted by Gasteiger charge is 1.93. The van der Waals surface area contributed by atoms with Crippen LogP contribution in [0.2, 0.25) is 0 Å². The highest BCUT2D eigenvalue weighted by atomic mass is 16.5. The van der Waals surface area contributed by atoms with Gasteiger partial charge in [0.25, 0.3) is 0 Å². The largest absolute Gasteiger partial charge is 0.463 e. The summed E-state index contributed by atoms with van der Waals surface area (Å²) < 4.78 is 4.73. The summed E-state index contributed by atoms with van der Waals surface area (Å²) in [4.78, 5) is 10.8. The first-order valence-electron chi connectivity index (χ1n) is 4.24. The summed E-state index contributed by atoms with van der Waals surface area (Å²) in [6.07, 6.45) is 6.17. The number of hydrogen-bond acceptors (Lipinski definition) is 2. The molecule has 0 unspecified atom stereocenters. The molecule has 0 spiro atoms. The van der Waals surface area contributed by atoms with Crippen molar-refractivity contribution < 1.29 is 9.53 Å². The van der Waals surface area contributed by atoms with Crippen LogP contribution in [0.5, 0.6) is 0 Å². The van der Waals surface area contributed by atoms with Crippen molar-refractivity contribution in [1.29, 1.82) is 0 Å². The zero-order chi connectivity index (χ0) is 9.40. The molecule has 0 saturated heterocycles. The van der Waals surface area contributed by atoms with E-state index in [0.717, 1.165) is 12.0 Å². The number of carbonyl (C=O) groups excluding carboxylic acids is 1. The molecule has 0 aromatic heterocycles. The first-order valence-corrected chi connectivity index (χ1v) is 4.24. The summed E-state index contributed by atoms with van der Waals surface area (Å²) in [6.45, 7) is 6.22. The topological polar surface area (TPSA) is 26.3 Å². The fourth-order valence-electron chi connectivity index (χ4n) is 0.784. The van der Waals surface area contributed by atoms with Gasteiger partial charge in [-0.3, -0.25) is 0 Å². The lowest BCUT2D eigenvalue weighted by molar-refractivity contribution is -0.137. The summed E-state index contributed by atoms with van der Waals surface area (Å²) in [5.41, 5.74) is 1.14. The number of hydrogen-bond donors (Lipinski definition) is 0. The molecule has 0 saturated carbocycles. The van der Waals surface area contributed by atoms with Gasteiger partial charge in [-0.25, -0.2) is 4.79 Å². The van der Waals surface area contributed by atoms with E-state index in [1.165, 1.54) is 6.08 Å². The van der Waals surface area contributed by atoms with Gasteiger partial charge in [-0.15, -0.1) is 0 Å². The number of ether oxygens (including phenoxy) is 1. The second kappa shape index (κ2) is 6.65. The van der Waals surface area contributed by atoms with Gasteiger partial charge in [-0.2, -0.15) is 0 Å². The number of carbonyl (C=O) groups is 1. The van der Waals surface area contributed by atoms with Crippen molar-refractivity contribution in [3.8, 4) is 0 Å². The first-order chi connectivity index (χ1) is 5.74. The number of esters is 1. The molecule has 2 nitrogen and oxygen atoms in total. The van der Waals surface area contributed by atoms with E-state index >= 15 is 0 Å². The normalized spacial score (nSPS) is 12.1. The average Bonchev–Trinajstić information content (AvgIpc) is 2.07. The molecule has 0 bridgehead atoms. The van der Waals surface area contributed by atoms with Crippen molar-refractivity contribution in [1.82, 2.24) is 0 Å². The van der Waals surface area contributed by atoms with Crippen molar-refractivity contribution >= 4 is 5.97 Å². The standard InChI is InChI=1S/C10H16O2/c1-4-9(5-2)7-8-10(11)12-6-3/h4,7-8H,5-6H2,1-3H3. The predicted octanol–water partition coefficient (Wildman–Crippen LogP) is 2.46. The molecule has 0 aliphatic carbocycles. The predicted molar refractivity (Wildman–Crippen MR) is 49.8 cm³/mol. The second-order valence-electron chi connectivity index (χ2n) is 2.30. The van der Waals surface area contributed by atoms with E-state index < -0.39 is 0 Å². The van der Waals surface area contributed by atoms with E-state index in [4.69, 9.17) is 4.74 Å². The Morgan fingerprint density at radius 2 is 2.00 bits per heavy atom. The zero-order valence-electron chi connectivity index (χ0n) is 7.96. The van der Waals surface area contributed by atoms with E-state index in [1.54, 1.807) is 13.0 Å². The van der Waals surface area contributed by atoms with Gasteiger partial charge in [-0.1, -0.05) is 24.6 Å². The second-order valence-corrected chi connectivity index (χ2v) is 2.30. The van der Waals surface area contributed by atoms with E-state index in [0.29, 0.717) is 6.61 Å². The summed E-state index contributed by atoms with van der Waals surface area (Å²) in [6, 6.07) is 0. The van der Waals surface area contributed by atoms with Crippen LogP contribution in [0.3, 0.4) is 0 Å². The minimum Gasteiger partial charge on any atom is -0.463 e. The Hall–Kier alpha value is -1.05. The lowest BCUT2D eigenvalue weighted by Gasteiger charge is -1.96. The fraction of sp³-hybridized carbons (Fsp3) is 0.500. The van der Waals surface area contributed by atoms with Crippen molar-refractivity contribution in [3.05, 3.63) is 23.8 Å². The molecule has 68 valence electrons. The molecule has 0 fully saturated rings. The van der Waals surface area contributed by atoms with Gasteiger partial charge in [0.1, 0.15) is 0 Å². The smallest absolute Gasteiger partial charge is 0.330 e. The molecular weight excluding hydrogens is 152 g/mol. The molecule has 0 rings (SSSR count). The SMILES string of the molecule is CC=C(C=CC(=O)OCC)CC.